The van der Waals surface area contributed by atoms with Crippen LogP contribution in [0.15, 0.2) is 4.52 Å². The molecule has 1 aromatic rings. The highest BCUT2D eigenvalue weighted by Gasteiger charge is 2.20. The first-order valence-electron chi connectivity index (χ1n) is 7.39. The number of hydrogen-bond acceptors (Lipinski definition) is 3. The first-order chi connectivity index (χ1) is 8.66. The summed E-state index contributed by atoms with van der Waals surface area (Å²) in [5, 5.41) is 3.96. The Bertz CT molecular complexity index is 363. The first kappa shape index (κ1) is 13.4. The average Bonchev–Trinajstić information content (AvgIpc) is 2.57. The van der Waals surface area contributed by atoms with E-state index < -0.39 is 0 Å². The van der Waals surface area contributed by atoms with Crippen molar-refractivity contribution in [2.75, 3.05) is 5.73 Å². The summed E-state index contributed by atoms with van der Waals surface area (Å²) in [5.74, 6) is 3.02. The molecule has 1 aliphatic carbocycles. The van der Waals surface area contributed by atoms with Gasteiger partial charge in [0, 0.05) is 12.0 Å². The highest BCUT2D eigenvalue weighted by molar-refractivity contribution is 5.40. The van der Waals surface area contributed by atoms with E-state index in [1.807, 2.05) is 0 Å². The largest absolute Gasteiger partial charge is 0.381 e. The van der Waals surface area contributed by atoms with Crippen LogP contribution in [0.2, 0.25) is 0 Å². The normalized spacial score (nSPS) is 18.2. The fourth-order valence-corrected chi connectivity index (χ4v) is 2.97. The molecule has 3 heteroatoms. The molecule has 3 nitrogen and oxygen atoms in total. The second kappa shape index (κ2) is 6.26. The van der Waals surface area contributed by atoms with Crippen molar-refractivity contribution >= 4 is 5.82 Å². The fraction of sp³-hybridized carbons (Fsp3) is 0.800. The highest BCUT2D eigenvalue weighted by atomic mass is 16.5. The molecule has 0 aromatic carbocycles. The molecule has 18 heavy (non-hydrogen) atoms. The lowest BCUT2D eigenvalue weighted by Gasteiger charge is -2.13. The Morgan fingerprint density at radius 2 is 1.89 bits per heavy atom. The molecule has 0 radical (unpaired) electrons. The quantitative estimate of drug-likeness (QED) is 0.823. The van der Waals surface area contributed by atoms with Gasteiger partial charge in [-0.2, -0.15) is 0 Å². The minimum absolute atomic E-state index is 0.597. The zero-order valence-electron chi connectivity index (χ0n) is 11.7. The van der Waals surface area contributed by atoms with Crippen LogP contribution < -0.4 is 5.73 Å². The topological polar surface area (TPSA) is 52.0 Å². The minimum Gasteiger partial charge on any atom is -0.381 e. The number of anilines is 1. The SMILES string of the molecule is CC(C)Cc1c(N)noc1CC1CCCCCC1. The number of nitrogens with zero attached hydrogens (tertiary/aromatic N) is 1. The van der Waals surface area contributed by atoms with Crippen molar-refractivity contribution in [1.29, 1.82) is 0 Å². The van der Waals surface area contributed by atoms with E-state index in [9.17, 15) is 0 Å². The average molecular weight is 250 g/mol. The predicted octanol–water partition coefficient (Wildman–Crippen LogP) is 3.97. The van der Waals surface area contributed by atoms with Crippen molar-refractivity contribution in [2.45, 2.75) is 65.2 Å². The number of hydrogen-bond donors (Lipinski definition) is 1. The summed E-state index contributed by atoms with van der Waals surface area (Å²) in [4.78, 5) is 0. The number of aromatic nitrogens is 1. The maximum Gasteiger partial charge on any atom is 0.170 e. The molecule has 2 N–H and O–H groups in total. The second-order valence-corrected chi connectivity index (χ2v) is 6.13. The van der Waals surface area contributed by atoms with Crippen molar-refractivity contribution in [1.82, 2.24) is 5.16 Å². The smallest absolute Gasteiger partial charge is 0.170 e. The molecule has 0 saturated heterocycles. The van der Waals surface area contributed by atoms with Crippen molar-refractivity contribution < 1.29 is 4.52 Å². The van der Waals surface area contributed by atoms with Gasteiger partial charge in [-0.1, -0.05) is 57.5 Å². The van der Waals surface area contributed by atoms with E-state index in [1.165, 1.54) is 38.5 Å². The van der Waals surface area contributed by atoms with Crippen LogP contribution in [0.1, 0.15) is 63.7 Å². The fourth-order valence-electron chi connectivity index (χ4n) is 2.97. The van der Waals surface area contributed by atoms with E-state index in [0.29, 0.717) is 11.7 Å². The van der Waals surface area contributed by atoms with Crippen LogP contribution in [0.4, 0.5) is 5.82 Å². The molecule has 0 unspecified atom stereocenters. The molecule has 0 atom stereocenters. The van der Waals surface area contributed by atoms with Crippen molar-refractivity contribution in [3.8, 4) is 0 Å². The maximum absolute atomic E-state index is 5.92. The van der Waals surface area contributed by atoms with Gasteiger partial charge in [0.05, 0.1) is 0 Å². The molecule has 1 saturated carbocycles. The van der Waals surface area contributed by atoms with Gasteiger partial charge < -0.3 is 10.3 Å². The lowest BCUT2D eigenvalue weighted by Crippen LogP contribution is -2.06. The Balaban J connectivity index is 2.03. The number of nitrogens with two attached hydrogens (primary N) is 1. The second-order valence-electron chi connectivity index (χ2n) is 6.13. The Labute approximate surface area is 110 Å². The van der Waals surface area contributed by atoms with Gasteiger partial charge in [-0.15, -0.1) is 0 Å². The third kappa shape index (κ3) is 3.50. The van der Waals surface area contributed by atoms with Crippen molar-refractivity contribution in [3.63, 3.8) is 0 Å². The summed E-state index contributed by atoms with van der Waals surface area (Å²) in [6, 6.07) is 0. The maximum atomic E-state index is 5.92. The van der Waals surface area contributed by atoms with E-state index in [2.05, 4.69) is 19.0 Å². The molecular formula is C15H26N2O. The molecule has 1 fully saturated rings. The molecule has 0 spiro atoms. The van der Waals surface area contributed by atoms with Crippen LogP contribution in [0.5, 0.6) is 0 Å². The standard InChI is InChI=1S/C15H26N2O/c1-11(2)9-13-14(18-17-15(13)16)10-12-7-5-3-4-6-8-12/h11-12H,3-10H2,1-2H3,(H2,16,17). The highest BCUT2D eigenvalue weighted by Crippen LogP contribution is 2.29. The van der Waals surface area contributed by atoms with Crippen molar-refractivity contribution in [2.24, 2.45) is 11.8 Å². The minimum atomic E-state index is 0.597. The number of nitrogen functional groups attached to an aromatic ring is 1. The number of rotatable bonds is 4. The third-order valence-corrected chi connectivity index (χ3v) is 3.96. The zero-order valence-corrected chi connectivity index (χ0v) is 11.7. The van der Waals surface area contributed by atoms with Gasteiger partial charge in [0.2, 0.25) is 0 Å². The third-order valence-electron chi connectivity index (χ3n) is 3.96. The van der Waals surface area contributed by atoms with Gasteiger partial charge in [-0.25, -0.2) is 0 Å². The van der Waals surface area contributed by atoms with E-state index >= 15 is 0 Å². The monoisotopic (exact) mass is 250 g/mol. The van der Waals surface area contributed by atoms with E-state index in [-0.39, 0.29) is 0 Å². The molecule has 1 heterocycles. The lowest BCUT2D eigenvalue weighted by molar-refractivity contribution is 0.343. The Kier molecular flexibility index (Phi) is 4.67. The van der Waals surface area contributed by atoms with Crippen LogP contribution in [-0.4, -0.2) is 5.16 Å². The van der Waals surface area contributed by atoms with E-state index in [0.717, 1.165) is 30.1 Å². The molecule has 2 rings (SSSR count). The summed E-state index contributed by atoms with van der Waals surface area (Å²) in [6.07, 6.45) is 10.2. The van der Waals surface area contributed by atoms with Gasteiger partial charge in [0.15, 0.2) is 5.82 Å². The van der Waals surface area contributed by atoms with Gasteiger partial charge in [0.25, 0.3) is 0 Å². The predicted molar refractivity (Wildman–Crippen MR) is 74.4 cm³/mol. The zero-order chi connectivity index (χ0) is 13.0. The Morgan fingerprint density at radius 3 is 2.50 bits per heavy atom. The molecule has 1 aromatic heterocycles. The van der Waals surface area contributed by atoms with Gasteiger partial charge in [-0.05, 0) is 18.3 Å². The lowest BCUT2D eigenvalue weighted by atomic mass is 9.92. The van der Waals surface area contributed by atoms with Crippen LogP contribution >= 0.6 is 0 Å². The molecule has 102 valence electrons. The Hall–Kier alpha value is -0.990. The van der Waals surface area contributed by atoms with Gasteiger partial charge in [0.1, 0.15) is 5.76 Å². The van der Waals surface area contributed by atoms with Crippen LogP contribution in [0.3, 0.4) is 0 Å². The molecular weight excluding hydrogens is 224 g/mol. The van der Waals surface area contributed by atoms with Gasteiger partial charge in [-0.3, -0.25) is 0 Å². The van der Waals surface area contributed by atoms with Crippen LogP contribution in [-0.2, 0) is 12.8 Å². The molecule has 1 aliphatic rings. The van der Waals surface area contributed by atoms with E-state index in [1.54, 1.807) is 0 Å². The van der Waals surface area contributed by atoms with Crippen molar-refractivity contribution in [3.05, 3.63) is 11.3 Å². The van der Waals surface area contributed by atoms with Crippen LogP contribution in [0, 0.1) is 11.8 Å². The Morgan fingerprint density at radius 1 is 1.22 bits per heavy atom. The summed E-state index contributed by atoms with van der Waals surface area (Å²) >= 11 is 0. The first-order valence-corrected chi connectivity index (χ1v) is 7.39. The summed E-state index contributed by atoms with van der Waals surface area (Å²) in [5.41, 5.74) is 7.08. The summed E-state index contributed by atoms with van der Waals surface area (Å²) < 4.78 is 5.46. The van der Waals surface area contributed by atoms with Crippen LogP contribution in [0.25, 0.3) is 0 Å². The molecule has 0 amide bonds. The molecule has 0 bridgehead atoms. The van der Waals surface area contributed by atoms with Gasteiger partial charge >= 0.3 is 0 Å². The molecule has 0 aliphatic heterocycles. The van der Waals surface area contributed by atoms with E-state index in [4.69, 9.17) is 10.3 Å². The summed E-state index contributed by atoms with van der Waals surface area (Å²) in [6.45, 7) is 4.42. The summed E-state index contributed by atoms with van der Waals surface area (Å²) in [7, 11) is 0.